The van der Waals surface area contributed by atoms with E-state index in [1.165, 1.54) is 6.07 Å². The quantitative estimate of drug-likeness (QED) is 0.426. The first kappa shape index (κ1) is 15.0. The van der Waals surface area contributed by atoms with Crippen LogP contribution in [0.3, 0.4) is 0 Å². The third-order valence-electron chi connectivity index (χ3n) is 4.75. The molecule has 0 aliphatic heterocycles. The van der Waals surface area contributed by atoms with E-state index in [0.29, 0.717) is 17.9 Å². The second-order valence-electron chi connectivity index (χ2n) is 6.16. The van der Waals surface area contributed by atoms with E-state index in [1.54, 1.807) is 24.5 Å². The third kappa shape index (κ3) is 1.97. The summed E-state index contributed by atoms with van der Waals surface area (Å²) in [5, 5.41) is 1.91. The highest BCUT2D eigenvalue weighted by Crippen LogP contribution is 2.36. The van der Waals surface area contributed by atoms with E-state index in [-0.39, 0.29) is 5.82 Å². The molecule has 0 amide bonds. The number of fused-ring (bicyclic) bond motifs is 6. The van der Waals surface area contributed by atoms with Crippen molar-refractivity contribution in [3.8, 4) is 11.4 Å². The number of rotatable bonds is 2. The molecule has 2 aromatic carbocycles. The Morgan fingerprint density at radius 1 is 0.846 bits per heavy atom. The summed E-state index contributed by atoms with van der Waals surface area (Å²) in [5.41, 5.74) is 3.95. The number of hydrogen-bond acceptors (Lipinski definition) is 3. The summed E-state index contributed by atoms with van der Waals surface area (Å²) in [6, 6.07) is 14.6. The van der Waals surface area contributed by atoms with Crippen molar-refractivity contribution in [1.29, 1.82) is 0 Å². The van der Waals surface area contributed by atoms with Gasteiger partial charge in [0.1, 0.15) is 11.6 Å². The first-order chi connectivity index (χ1) is 12.8. The number of aryl methyl sites for hydroxylation is 1. The number of aromatic nitrogens is 4. The Hall–Kier alpha value is -3.34. The molecule has 4 nitrogen and oxygen atoms in total. The van der Waals surface area contributed by atoms with Gasteiger partial charge in [-0.15, -0.1) is 0 Å². The van der Waals surface area contributed by atoms with Crippen LogP contribution in [-0.4, -0.2) is 19.5 Å². The van der Waals surface area contributed by atoms with Crippen LogP contribution in [0.2, 0.25) is 0 Å². The zero-order valence-electron chi connectivity index (χ0n) is 14.1. The topological polar surface area (TPSA) is 43.6 Å². The first-order valence-corrected chi connectivity index (χ1v) is 8.56. The molecule has 126 valence electrons. The Bertz CT molecular complexity index is 1290. The molecule has 0 aliphatic rings. The third-order valence-corrected chi connectivity index (χ3v) is 4.75. The molecule has 5 heteroatoms. The van der Waals surface area contributed by atoms with Crippen LogP contribution in [0.25, 0.3) is 44.2 Å². The summed E-state index contributed by atoms with van der Waals surface area (Å²) >= 11 is 0. The Morgan fingerprint density at radius 3 is 2.27 bits per heavy atom. The molecular formula is C21H15FN4. The van der Waals surface area contributed by atoms with Gasteiger partial charge in [0.15, 0.2) is 0 Å². The second-order valence-corrected chi connectivity index (χ2v) is 6.16. The fourth-order valence-electron chi connectivity index (χ4n) is 3.64. The van der Waals surface area contributed by atoms with Gasteiger partial charge in [-0.2, -0.15) is 0 Å². The van der Waals surface area contributed by atoms with Crippen LogP contribution >= 0.6 is 0 Å². The molecule has 0 atom stereocenters. The first-order valence-electron chi connectivity index (χ1n) is 8.56. The monoisotopic (exact) mass is 342 g/mol. The summed E-state index contributed by atoms with van der Waals surface area (Å²) in [7, 11) is 0. The van der Waals surface area contributed by atoms with Gasteiger partial charge in [-0.05, 0) is 43.3 Å². The Morgan fingerprint density at radius 2 is 1.54 bits per heavy atom. The molecule has 0 aliphatic carbocycles. The van der Waals surface area contributed by atoms with Crippen LogP contribution in [0, 0.1) is 5.82 Å². The fraction of sp³-hybridized carbons (Fsp3) is 0.0952. The molecular weight excluding hydrogens is 327 g/mol. The van der Waals surface area contributed by atoms with Gasteiger partial charge in [0.05, 0.1) is 27.6 Å². The molecule has 0 bridgehead atoms. The number of hydrogen-bond donors (Lipinski definition) is 0. The minimum Gasteiger partial charge on any atom is -0.324 e. The van der Waals surface area contributed by atoms with Gasteiger partial charge in [-0.1, -0.05) is 12.1 Å². The van der Waals surface area contributed by atoms with E-state index >= 15 is 0 Å². The normalized spacial score (nSPS) is 11.6. The van der Waals surface area contributed by atoms with Crippen molar-refractivity contribution in [1.82, 2.24) is 19.5 Å². The highest BCUT2D eigenvalue weighted by molar-refractivity contribution is 6.21. The molecule has 3 heterocycles. The molecule has 0 fully saturated rings. The zero-order valence-corrected chi connectivity index (χ0v) is 14.1. The van der Waals surface area contributed by atoms with Crippen LogP contribution in [-0.2, 0) is 6.54 Å². The van der Waals surface area contributed by atoms with E-state index in [0.717, 1.165) is 32.8 Å². The molecule has 0 N–H and O–H groups in total. The van der Waals surface area contributed by atoms with Gasteiger partial charge >= 0.3 is 0 Å². The van der Waals surface area contributed by atoms with Crippen molar-refractivity contribution in [3.05, 3.63) is 66.7 Å². The summed E-state index contributed by atoms with van der Waals surface area (Å²) in [6.07, 6.45) is 3.53. The molecule has 0 spiro atoms. The van der Waals surface area contributed by atoms with Crippen LogP contribution in [0.4, 0.5) is 4.39 Å². The SMILES string of the molecule is CCn1c(-c2ccccc2F)nc2c3cccnc3c3ncccc3c21. The van der Waals surface area contributed by atoms with Crippen molar-refractivity contribution < 1.29 is 4.39 Å². The molecule has 26 heavy (non-hydrogen) atoms. The van der Waals surface area contributed by atoms with Gasteiger partial charge in [-0.25, -0.2) is 9.37 Å². The van der Waals surface area contributed by atoms with E-state index in [4.69, 9.17) is 4.98 Å². The van der Waals surface area contributed by atoms with Gasteiger partial charge in [0.2, 0.25) is 0 Å². The van der Waals surface area contributed by atoms with Gasteiger partial charge < -0.3 is 4.57 Å². The number of pyridine rings is 2. The van der Waals surface area contributed by atoms with Crippen LogP contribution in [0.15, 0.2) is 60.9 Å². The minimum absolute atomic E-state index is 0.276. The molecule has 0 radical (unpaired) electrons. The fourth-order valence-corrected chi connectivity index (χ4v) is 3.64. The number of benzene rings is 2. The molecule has 5 aromatic rings. The average molecular weight is 342 g/mol. The predicted octanol–water partition coefficient (Wildman–Crippen LogP) is 4.96. The summed E-state index contributed by atoms with van der Waals surface area (Å²) in [4.78, 5) is 13.9. The van der Waals surface area contributed by atoms with Crippen molar-refractivity contribution in [2.75, 3.05) is 0 Å². The van der Waals surface area contributed by atoms with Crippen molar-refractivity contribution in [2.45, 2.75) is 13.5 Å². The summed E-state index contributed by atoms with van der Waals surface area (Å²) in [6.45, 7) is 2.72. The van der Waals surface area contributed by atoms with Crippen LogP contribution < -0.4 is 0 Å². The van der Waals surface area contributed by atoms with Gasteiger partial charge in [0, 0.05) is 29.7 Å². The highest BCUT2D eigenvalue weighted by atomic mass is 19.1. The van der Waals surface area contributed by atoms with Crippen molar-refractivity contribution in [2.24, 2.45) is 0 Å². The zero-order chi connectivity index (χ0) is 17.7. The maximum atomic E-state index is 14.5. The average Bonchev–Trinajstić information content (AvgIpc) is 3.08. The molecule has 0 saturated heterocycles. The minimum atomic E-state index is -0.276. The van der Waals surface area contributed by atoms with Crippen LogP contribution in [0.5, 0.6) is 0 Å². The number of imidazole rings is 1. The van der Waals surface area contributed by atoms with Crippen molar-refractivity contribution in [3.63, 3.8) is 0 Å². The lowest BCUT2D eigenvalue weighted by molar-refractivity contribution is 0.628. The lowest BCUT2D eigenvalue weighted by atomic mass is 10.1. The highest BCUT2D eigenvalue weighted by Gasteiger charge is 2.20. The van der Waals surface area contributed by atoms with E-state index in [9.17, 15) is 4.39 Å². The number of nitrogens with zero attached hydrogens (tertiary/aromatic N) is 4. The Labute approximate surface area is 149 Å². The lowest BCUT2D eigenvalue weighted by Crippen LogP contribution is -1.99. The summed E-state index contributed by atoms with van der Waals surface area (Å²) in [5.74, 6) is 0.351. The molecule has 0 saturated carbocycles. The van der Waals surface area contributed by atoms with Crippen LogP contribution in [0.1, 0.15) is 6.92 Å². The number of halogens is 1. The van der Waals surface area contributed by atoms with E-state index in [2.05, 4.69) is 14.5 Å². The standard InChI is InChI=1S/C21H15FN4/c1-2-26-20-15-9-6-12-24-18(15)17-14(8-5-11-23-17)19(20)25-21(26)13-7-3-4-10-16(13)22/h3-12H,2H2,1H3. The van der Waals surface area contributed by atoms with Gasteiger partial charge in [0.25, 0.3) is 0 Å². The molecule has 0 unspecified atom stereocenters. The second kappa shape index (κ2) is 5.59. The van der Waals surface area contributed by atoms with Gasteiger partial charge in [-0.3, -0.25) is 9.97 Å². The Kier molecular flexibility index (Phi) is 3.22. The largest absolute Gasteiger partial charge is 0.324 e. The maximum absolute atomic E-state index is 14.5. The maximum Gasteiger partial charge on any atom is 0.144 e. The molecule has 5 rings (SSSR count). The smallest absolute Gasteiger partial charge is 0.144 e. The predicted molar refractivity (Wildman–Crippen MR) is 101 cm³/mol. The lowest BCUT2D eigenvalue weighted by Gasteiger charge is -2.09. The summed E-state index contributed by atoms with van der Waals surface area (Å²) < 4.78 is 16.5. The Balaban J connectivity index is 2.05. The van der Waals surface area contributed by atoms with E-state index < -0.39 is 0 Å². The van der Waals surface area contributed by atoms with Crippen molar-refractivity contribution >= 4 is 32.8 Å². The molecule has 3 aromatic heterocycles. The van der Waals surface area contributed by atoms with E-state index in [1.807, 2.05) is 37.3 Å².